The maximum absolute atomic E-state index is 11.9. The number of carbonyl (C=O) groups excluding carboxylic acids is 1. The number of aromatic nitrogens is 3. The molecule has 0 fully saturated rings. The minimum absolute atomic E-state index is 0.0655. The zero-order valence-electron chi connectivity index (χ0n) is 19.0. The van der Waals surface area contributed by atoms with Crippen molar-refractivity contribution < 1.29 is 9.90 Å². The molecule has 1 unspecified atom stereocenters. The molecule has 1 aliphatic rings. The third-order valence-electron chi connectivity index (χ3n) is 6.16. The molecule has 0 bridgehead atoms. The molecule has 10 nitrogen and oxygen atoms in total. The quantitative estimate of drug-likeness (QED) is 0.184. The van der Waals surface area contributed by atoms with Gasteiger partial charge in [0, 0.05) is 36.3 Å². The number of hydrogen-bond acceptors (Lipinski definition) is 10. The lowest BCUT2D eigenvalue weighted by atomic mass is 9.93. The van der Waals surface area contributed by atoms with E-state index in [1.54, 1.807) is 17.7 Å². The van der Waals surface area contributed by atoms with Gasteiger partial charge in [0.25, 0.3) is 0 Å². The van der Waals surface area contributed by atoms with E-state index in [1.165, 1.54) is 21.8 Å². The molecule has 0 aliphatic heterocycles. The summed E-state index contributed by atoms with van der Waals surface area (Å²) in [6.45, 7) is 1.05. The Balaban J connectivity index is 1.25. The molecule has 0 saturated carbocycles. The van der Waals surface area contributed by atoms with Crippen LogP contribution < -0.4 is 26.6 Å². The molecule has 0 spiro atoms. The van der Waals surface area contributed by atoms with Crippen LogP contribution in [-0.2, 0) is 17.6 Å². The third-order valence-corrected chi connectivity index (χ3v) is 8.17. The Morgan fingerprint density at radius 3 is 3.03 bits per heavy atom. The second-order valence-corrected chi connectivity index (χ2v) is 10.7. The highest BCUT2D eigenvalue weighted by molar-refractivity contribution is 7.19. The van der Waals surface area contributed by atoms with E-state index in [2.05, 4.69) is 30.9 Å². The number of benzene rings is 1. The Kier molecular flexibility index (Phi) is 7.07. The minimum atomic E-state index is -0.672. The molecule has 3 aromatic heterocycles. The zero-order chi connectivity index (χ0) is 24.4. The van der Waals surface area contributed by atoms with Crippen molar-refractivity contribution in [1.29, 1.82) is 0 Å². The van der Waals surface area contributed by atoms with Crippen molar-refractivity contribution in [3.63, 3.8) is 0 Å². The van der Waals surface area contributed by atoms with E-state index in [-0.39, 0.29) is 23.8 Å². The first-order valence-corrected chi connectivity index (χ1v) is 13.2. The highest BCUT2D eigenvalue weighted by Crippen LogP contribution is 2.39. The van der Waals surface area contributed by atoms with Crippen LogP contribution in [0.2, 0.25) is 0 Å². The van der Waals surface area contributed by atoms with E-state index >= 15 is 0 Å². The van der Waals surface area contributed by atoms with Crippen LogP contribution in [0.4, 0.5) is 11.5 Å². The summed E-state index contributed by atoms with van der Waals surface area (Å²) in [7, 11) is 0. The topological polar surface area (TPSA) is 158 Å². The van der Waals surface area contributed by atoms with Crippen LogP contribution in [0, 0.1) is 0 Å². The van der Waals surface area contributed by atoms with Crippen LogP contribution in [0.25, 0.3) is 20.4 Å². The predicted octanol–water partition coefficient (Wildman–Crippen LogP) is 1.61. The van der Waals surface area contributed by atoms with Crippen LogP contribution in [0.5, 0.6) is 0 Å². The lowest BCUT2D eigenvalue weighted by Gasteiger charge is -2.24. The number of thiophene rings is 1. The maximum atomic E-state index is 11.9. The summed E-state index contributed by atoms with van der Waals surface area (Å²) in [4.78, 5) is 37.6. The number of nitrogens with one attached hydrogen (secondary N) is 4. The van der Waals surface area contributed by atoms with Gasteiger partial charge in [-0.2, -0.15) is 0 Å². The second kappa shape index (κ2) is 10.4. The van der Waals surface area contributed by atoms with Gasteiger partial charge in [-0.15, -0.1) is 11.3 Å². The van der Waals surface area contributed by atoms with Crippen LogP contribution in [0.15, 0.2) is 29.3 Å². The van der Waals surface area contributed by atoms with Crippen molar-refractivity contribution in [3.05, 3.63) is 44.6 Å². The number of aryl methyl sites for hydroxylation is 1. The van der Waals surface area contributed by atoms with Gasteiger partial charge in [0.1, 0.15) is 17.0 Å². The third kappa shape index (κ3) is 5.21. The van der Waals surface area contributed by atoms with Crippen LogP contribution in [-0.4, -0.2) is 57.7 Å². The van der Waals surface area contributed by atoms with Gasteiger partial charge in [-0.25, -0.2) is 9.97 Å². The van der Waals surface area contributed by atoms with E-state index < -0.39 is 6.04 Å². The number of rotatable bonds is 9. The zero-order valence-corrected chi connectivity index (χ0v) is 20.6. The van der Waals surface area contributed by atoms with Crippen molar-refractivity contribution in [3.8, 4) is 0 Å². The molecule has 3 heterocycles. The average Bonchev–Trinajstić information content (AvgIpc) is 3.40. The van der Waals surface area contributed by atoms with E-state index in [9.17, 15) is 9.59 Å². The average molecular weight is 514 g/mol. The fourth-order valence-corrected chi connectivity index (χ4v) is 6.45. The Morgan fingerprint density at radius 2 is 2.17 bits per heavy atom. The van der Waals surface area contributed by atoms with Gasteiger partial charge in [-0.3, -0.25) is 9.59 Å². The number of thiazole rings is 1. The van der Waals surface area contributed by atoms with Gasteiger partial charge in [0.05, 0.1) is 21.6 Å². The first-order valence-electron chi connectivity index (χ1n) is 11.5. The molecule has 5 rings (SSSR count). The van der Waals surface area contributed by atoms with Gasteiger partial charge < -0.3 is 31.8 Å². The number of aromatic amines is 1. The van der Waals surface area contributed by atoms with Gasteiger partial charge in [0.15, 0.2) is 0 Å². The Hall–Kier alpha value is -2.90. The number of aliphatic hydroxyl groups is 1. The van der Waals surface area contributed by atoms with E-state index in [1.807, 2.05) is 18.2 Å². The van der Waals surface area contributed by atoms with E-state index in [0.717, 1.165) is 51.2 Å². The van der Waals surface area contributed by atoms with Crippen molar-refractivity contribution in [2.45, 2.75) is 37.8 Å². The molecule has 35 heavy (non-hydrogen) atoms. The highest BCUT2D eigenvalue weighted by atomic mass is 32.1. The molecule has 0 saturated heterocycles. The minimum Gasteiger partial charge on any atom is -0.396 e. The molecule has 4 aromatic rings. The first kappa shape index (κ1) is 23.8. The SMILES string of the molecule is N[C@@H](CCO)C(=O)NCCNC1CCc2c(sc3ncnc(Nc4ccc5[nH]c(=O)sc5c4)c23)C1. The smallest absolute Gasteiger partial charge is 0.305 e. The second-order valence-electron chi connectivity index (χ2n) is 8.56. The summed E-state index contributed by atoms with van der Waals surface area (Å²) >= 11 is 2.89. The summed E-state index contributed by atoms with van der Waals surface area (Å²) in [6.07, 6.45) is 4.64. The van der Waals surface area contributed by atoms with Crippen molar-refractivity contribution in [2.75, 3.05) is 25.0 Å². The van der Waals surface area contributed by atoms with Crippen LogP contribution in [0.1, 0.15) is 23.3 Å². The number of carbonyl (C=O) groups is 1. The highest BCUT2D eigenvalue weighted by Gasteiger charge is 2.25. The number of nitrogens with zero attached hydrogens (tertiary/aromatic N) is 2. The Morgan fingerprint density at radius 1 is 1.29 bits per heavy atom. The van der Waals surface area contributed by atoms with E-state index in [4.69, 9.17) is 10.8 Å². The summed E-state index contributed by atoms with van der Waals surface area (Å²) < 4.78 is 0.901. The first-order chi connectivity index (χ1) is 17.0. The monoisotopic (exact) mass is 513 g/mol. The largest absolute Gasteiger partial charge is 0.396 e. The van der Waals surface area contributed by atoms with E-state index in [0.29, 0.717) is 19.1 Å². The fourth-order valence-electron chi connectivity index (χ4n) is 4.40. The molecule has 1 amide bonds. The lowest BCUT2D eigenvalue weighted by molar-refractivity contribution is -0.122. The summed E-state index contributed by atoms with van der Waals surface area (Å²) in [6, 6.07) is 5.44. The van der Waals surface area contributed by atoms with Crippen LogP contribution in [0.3, 0.4) is 0 Å². The number of aliphatic hydroxyl groups excluding tert-OH is 1. The number of H-pyrrole nitrogens is 1. The molecular formula is C23H27N7O3S2. The fraction of sp³-hybridized carbons (Fsp3) is 0.391. The van der Waals surface area contributed by atoms with Crippen LogP contribution >= 0.6 is 22.7 Å². The molecule has 184 valence electrons. The number of nitrogens with two attached hydrogens (primary N) is 1. The number of hydrogen-bond donors (Lipinski definition) is 6. The molecule has 12 heteroatoms. The summed E-state index contributed by atoms with van der Waals surface area (Å²) in [5.41, 5.74) is 8.71. The molecule has 1 aromatic carbocycles. The number of fused-ring (bicyclic) bond motifs is 4. The normalized spacial score (nSPS) is 16.3. The molecular weight excluding hydrogens is 486 g/mol. The number of anilines is 2. The van der Waals surface area contributed by atoms with Crippen molar-refractivity contribution in [2.24, 2.45) is 5.73 Å². The molecule has 0 radical (unpaired) electrons. The van der Waals surface area contributed by atoms with Gasteiger partial charge in [-0.05, 0) is 49.4 Å². The van der Waals surface area contributed by atoms with Gasteiger partial charge >= 0.3 is 4.87 Å². The predicted molar refractivity (Wildman–Crippen MR) is 140 cm³/mol. The number of amides is 1. The summed E-state index contributed by atoms with van der Waals surface area (Å²) in [5.74, 6) is 0.544. The van der Waals surface area contributed by atoms with Gasteiger partial charge in [-0.1, -0.05) is 11.3 Å². The Bertz CT molecular complexity index is 1410. The maximum Gasteiger partial charge on any atom is 0.305 e. The standard InChI is InChI=1S/C23H27N7O3S2/c24-15(5-8-31)21(32)26-7-6-25-12-1-3-14-17(9-12)34-22-19(14)20(27-11-28-22)29-13-2-4-16-18(10-13)35-23(33)30-16/h2,4,10-12,15,25,31H,1,3,5-9,24H2,(H,26,32)(H,30,33)(H,27,28,29)/t12?,15-/m0/s1. The van der Waals surface area contributed by atoms with Crippen molar-refractivity contribution in [1.82, 2.24) is 25.6 Å². The molecule has 1 aliphatic carbocycles. The van der Waals surface area contributed by atoms with Gasteiger partial charge in [0.2, 0.25) is 5.91 Å². The molecule has 7 N–H and O–H groups in total. The summed E-state index contributed by atoms with van der Waals surface area (Å²) in [5, 5.41) is 19.7. The lowest BCUT2D eigenvalue weighted by Crippen LogP contribution is -2.45. The Labute approximate surface area is 209 Å². The van der Waals surface area contributed by atoms with Crippen molar-refractivity contribution >= 4 is 60.5 Å². The molecule has 2 atom stereocenters.